The number of anilines is 6. The third-order valence-corrected chi connectivity index (χ3v) is 23.2. The lowest BCUT2D eigenvalue weighted by atomic mass is 10.2. The maximum atomic E-state index is 13.8. The van der Waals surface area contributed by atoms with E-state index in [9.17, 15) is 90.7 Å². The van der Waals surface area contributed by atoms with E-state index in [1.165, 1.54) is 197 Å². The van der Waals surface area contributed by atoms with Gasteiger partial charge in [-0.25, -0.2) is 78.0 Å². The number of hydrogen-bond acceptors (Lipinski definition) is 28. The number of ether oxygens (including phenoxy) is 1. The number of rotatable bonds is 19. The lowest BCUT2D eigenvalue weighted by molar-refractivity contribution is -0.117. The van der Waals surface area contributed by atoms with Gasteiger partial charge in [0.25, 0.3) is 33.4 Å². The number of pyridine rings is 3. The van der Waals surface area contributed by atoms with E-state index in [0.717, 1.165) is 55.2 Å². The zero-order valence-corrected chi connectivity index (χ0v) is 83.0. The van der Waals surface area contributed by atoms with Crippen molar-refractivity contribution in [2.45, 2.75) is 73.9 Å². The Labute approximate surface area is 830 Å². The van der Waals surface area contributed by atoms with Crippen LogP contribution in [0.25, 0.3) is 67.0 Å². The van der Waals surface area contributed by atoms with Crippen molar-refractivity contribution in [3.63, 3.8) is 0 Å². The Morgan fingerprint density at radius 3 is 0.912 bits per heavy atom. The number of carbonyl (C=O) groups is 6. The Morgan fingerprint density at radius 1 is 0.293 bits per heavy atom. The molecule has 3 aromatic carbocycles. The number of benzene rings is 3. The SMILES string of the molecule is COc1ccc(C)cc1NC(=O)Cn1cnc2c1c(=O)n(C)c(=O)n2C.Cc1ccc(Cl)cc1NC(=O)Cn1cnc2c1c(=O)n(C)c(=O)n2C.Cc1ccc(NC(=O)Cn2cnc3c2c(=O)n(C)c(=O)n3C)c(F)c1.Cc1ccc(NC(=O)Cn2cnc3c2c(=O)n(C)c(=O)n3C)nc1.Cc1ccnc(NC(=O)Cn2cnc3c2c(=O)n(C)c(=O)n3C)c1.Cn1c(=O)c2c(ncn2CC(=O)Nc2ccccn2)n(C)c1=O. The monoisotopic (exact) mass is 2030 g/mol. The molecule has 6 N–H and O–H groups in total. The maximum Gasteiger partial charge on any atom is 0.332 e. The number of halogens is 2. The molecule has 0 spiro atoms. The largest absolute Gasteiger partial charge is 0.495 e. The zero-order chi connectivity index (χ0) is 107. The summed E-state index contributed by atoms with van der Waals surface area (Å²) in [6.45, 7) is 8.48. The second-order valence-corrected chi connectivity index (χ2v) is 34.0. The summed E-state index contributed by atoms with van der Waals surface area (Å²) in [5.74, 6) is -0.950. The molecule has 0 unspecified atom stereocenters. The Balaban J connectivity index is 0.000000147. The van der Waals surface area contributed by atoms with E-state index in [-0.39, 0.29) is 141 Å². The molecule has 0 atom stereocenters. The van der Waals surface area contributed by atoms with Gasteiger partial charge in [0.05, 0.1) is 56.4 Å². The molecule has 0 saturated carbocycles. The van der Waals surface area contributed by atoms with Gasteiger partial charge in [-0.15, -0.1) is 0 Å². The quantitative estimate of drug-likeness (QED) is 0.0656. The third-order valence-electron chi connectivity index (χ3n) is 23.0. The first-order chi connectivity index (χ1) is 69.7. The molecule has 0 saturated heterocycles. The number of fused-ring (bicyclic) bond motifs is 6. The predicted octanol–water partition coefficient (Wildman–Crippen LogP) is 0.963. The first-order valence-electron chi connectivity index (χ1n) is 44.0. The van der Waals surface area contributed by atoms with Gasteiger partial charge in [0.1, 0.15) is 68.3 Å². The fraction of sp³-hybridized carbons (Fsp3) is 0.258. The van der Waals surface area contributed by atoms with Crippen molar-refractivity contribution in [3.8, 4) is 5.75 Å². The summed E-state index contributed by atoms with van der Waals surface area (Å²) in [6.07, 6.45) is 13.0. The van der Waals surface area contributed by atoms with Crippen LogP contribution in [-0.2, 0) is 153 Å². The first kappa shape index (κ1) is 105. The molecule has 0 aliphatic rings. The highest BCUT2D eigenvalue weighted by Crippen LogP contribution is 2.27. The molecule has 15 aromatic heterocycles. The minimum atomic E-state index is -0.551. The molecule has 0 radical (unpaired) electrons. The molecular formula is C93H97ClFN33O19. The van der Waals surface area contributed by atoms with E-state index >= 15 is 0 Å². The van der Waals surface area contributed by atoms with Crippen molar-refractivity contribution in [1.82, 2.24) is 127 Å². The standard InChI is InChI=1S/C17H19N5O4.C16H16ClN5O3.C16H16FN5O3.2C15H16N6O3.C14H14N6O3/c1-10-5-6-12(26-4)11(7-10)19-13(23)8-22-9-18-15-14(22)16(24)21(3)17(25)20(15)2;1-9-4-5-10(17)6-11(9)19-12(23)7-22-8-18-14-13(22)15(24)21(3)16(25)20(14)2;1-9-4-5-11(10(17)6-9)19-12(23)7-22-8-18-14-13(22)15(24)21(3)16(25)20(14)2;1-9-4-5-16-10(6-9)18-11(22)7-21-8-17-13-12(21)14(23)20(3)15(24)19(13)2;1-9-4-5-10(16-6-9)18-11(22)7-21-8-17-13-12(21)14(23)20(3)15(24)19(13)2;1-18-12-11(13(22)19(2)14(18)23)20(8-16-12)7-10(21)17-9-5-3-4-6-15-9/h5-7,9H,8H2,1-4H3,(H,19,23);2*4-6,8H,7H2,1-3H3,(H,19,23);2*4-6,8H,7H2,1-3H3,(H,16,18,22);3-6,8H,7H2,1-2H3,(H,15,17,21). The summed E-state index contributed by atoms with van der Waals surface area (Å²) in [4.78, 5) is 255. The Hall–Kier alpha value is -19.1. The number of aromatic nitrogens is 27. The van der Waals surface area contributed by atoms with Crippen molar-refractivity contribution in [1.29, 1.82) is 0 Å². The van der Waals surface area contributed by atoms with Crippen LogP contribution in [0.15, 0.2) is 211 Å². The second kappa shape index (κ2) is 43.9. The lowest BCUT2D eigenvalue weighted by Crippen LogP contribution is -2.37. The molecule has 52 nitrogen and oxygen atoms in total. The predicted molar refractivity (Wildman–Crippen MR) is 540 cm³/mol. The van der Waals surface area contributed by atoms with E-state index < -0.39 is 79.2 Å². The number of nitrogens with one attached hydrogen (secondary N) is 6. The van der Waals surface area contributed by atoms with Crippen LogP contribution in [0, 0.1) is 40.4 Å². The number of methoxy groups -OCH3 is 1. The van der Waals surface area contributed by atoms with Crippen molar-refractivity contribution in [3.05, 3.63) is 317 Å². The van der Waals surface area contributed by atoms with Gasteiger partial charge in [-0.05, 0) is 129 Å². The van der Waals surface area contributed by atoms with Crippen molar-refractivity contribution >= 4 is 149 Å². The number of aryl methyl sites for hydroxylation is 11. The molecule has 762 valence electrons. The normalized spacial score (nSPS) is 11.0. The summed E-state index contributed by atoms with van der Waals surface area (Å²) < 4.78 is 41.0. The molecule has 18 rings (SSSR count). The second-order valence-electron chi connectivity index (χ2n) is 33.6. The first-order valence-corrected chi connectivity index (χ1v) is 44.4. The third kappa shape index (κ3) is 22.6. The molecule has 18 aromatic rings. The fourth-order valence-corrected chi connectivity index (χ4v) is 15.3. The van der Waals surface area contributed by atoms with Crippen LogP contribution in [0.2, 0.25) is 5.02 Å². The number of hydrogen-bond donors (Lipinski definition) is 6. The molecule has 147 heavy (non-hydrogen) atoms. The Kier molecular flexibility index (Phi) is 31.4. The number of nitrogens with zero attached hydrogens (tertiary/aromatic N) is 27. The van der Waals surface area contributed by atoms with Crippen LogP contribution < -0.4 is 104 Å². The highest BCUT2D eigenvalue weighted by Gasteiger charge is 2.25. The number of carbonyl (C=O) groups excluding carboxylic acids is 6. The summed E-state index contributed by atoms with van der Waals surface area (Å²) in [5, 5.41) is 16.5. The topological polar surface area (TPSA) is 593 Å². The Morgan fingerprint density at radius 2 is 0.592 bits per heavy atom. The van der Waals surface area contributed by atoms with Crippen molar-refractivity contribution in [2.75, 3.05) is 39.0 Å². The van der Waals surface area contributed by atoms with Crippen LogP contribution in [0.5, 0.6) is 5.75 Å². The molecule has 0 aliphatic heterocycles. The molecular weight excluding hydrogens is 1940 g/mol. The van der Waals surface area contributed by atoms with E-state index in [2.05, 4.69) is 76.8 Å². The van der Waals surface area contributed by atoms with Crippen LogP contribution >= 0.6 is 11.6 Å². The van der Waals surface area contributed by atoms with Crippen LogP contribution in [0.1, 0.15) is 27.8 Å². The molecule has 0 aliphatic carbocycles. The highest BCUT2D eigenvalue weighted by atomic mass is 35.5. The summed E-state index contributed by atoms with van der Waals surface area (Å²) in [5.41, 5.74) is 2.35. The van der Waals surface area contributed by atoms with Gasteiger partial charge in [-0.1, -0.05) is 41.9 Å². The highest BCUT2D eigenvalue weighted by molar-refractivity contribution is 6.31. The molecule has 54 heteroatoms. The van der Waals surface area contributed by atoms with E-state index in [1.54, 1.807) is 92.2 Å². The van der Waals surface area contributed by atoms with Gasteiger partial charge in [0, 0.05) is 114 Å². The van der Waals surface area contributed by atoms with Crippen LogP contribution in [0.3, 0.4) is 0 Å². The average molecular weight is 2040 g/mol. The van der Waals surface area contributed by atoms with Gasteiger partial charge in [0.2, 0.25) is 35.4 Å². The molecule has 0 bridgehead atoms. The zero-order valence-electron chi connectivity index (χ0n) is 82.3. The Bertz CT molecular complexity index is 9140. The number of amides is 6. The van der Waals surface area contributed by atoms with E-state index in [1.807, 2.05) is 45.9 Å². The van der Waals surface area contributed by atoms with Crippen LogP contribution in [-0.4, -0.2) is 170 Å². The average Bonchev–Trinajstić information content (AvgIpc) is 1.66. The summed E-state index contributed by atoms with van der Waals surface area (Å²) in [7, 11) is 18.9. The van der Waals surface area contributed by atoms with Gasteiger partial charge < -0.3 is 64.0 Å². The summed E-state index contributed by atoms with van der Waals surface area (Å²) >= 11 is 5.95. The minimum Gasteiger partial charge on any atom is -0.495 e. The van der Waals surface area contributed by atoms with Gasteiger partial charge in [-0.2, -0.15) is 0 Å². The van der Waals surface area contributed by atoms with Gasteiger partial charge >= 0.3 is 34.1 Å². The molecule has 0 fully saturated rings. The van der Waals surface area contributed by atoms with E-state index in [0.29, 0.717) is 39.6 Å². The van der Waals surface area contributed by atoms with Gasteiger partial charge in [-0.3, -0.25) is 112 Å². The fourth-order valence-electron chi connectivity index (χ4n) is 15.1. The van der Waals surface area contributed by atoms with Crippen molar-refractivity contribution < 1.29 is 37.9 Å². The van der Waals surface area contributed by atoms with Crippen LogP contribution in [0.4, 0.5) is 38.9 Å². The smallest absolute Gasteiger partial charge is 0.332 e. The van der Waals surface area contributed by atoms with Crippen molar-refractivity contribution in [2.24, 2.45) is 84.6 Å². The van der Waals surface area contributed by atoms with Gasteiger partial charge in [0.15, 0.2) is 67.0 Å². The summed E-state index contributed by atoms with van der Waals surface area (Å²) in [6, 6.07) is 27.3. The maximum absolute atomic E-state index is 13.8. The molecule has 15 heterocycles. The lowest BCUT2D eigenvalue weighted by Gasteiger charge is -2.11. The molecule has 6 amide bonds. The number of imidazole rings is 6. The van der Waals surface area contributed by atoms with E-state index in [4.69, 9.17) is 16.3 Å². The minimum absolute atomic E-state index is 0.0559.